The molecule has 2 rings (SSSR count). The molecular weight excluding hydrogens is 257 g/mol. The van der Waals surface area contributed by atoms with Crippen molar-refractivity contribution in [3.8, 4) is 0 Å². The van der Waals surface area contributed by atoms with Gasteiger partial charge in [-0.15, -0.1) is 0 Å². The van der Waals surface area contributed by atoms with Crippen molar-refractivity contribution >= 4 is 15.9 Å². The van der Waals surface area contributed by atoms with Crippen LogP contribution in [0, 0.1) is 12.7 Å². The minimum Gasteiger partial charge on any atom is -0.308 e. The topological polar surface area (TPSA) is 12.0 Å². The van der Waals surface area contributed by atoms with Crippen LogP contribution in [-0.2, 0) is 5.54 Å². The Morgan fingerprint density at radius 1 is 1.47 bits per heavy atom. The molecule has 15 heavy (non-hydrogen) atoms. The summed E-state index contributed by atoms with van der Waals surface area (Å²) in [6, 6.07) is 3.51. The average molecular weight is 272 g/mol. The van der Waals surface area contributed by atoms with Crippen molar-refractivity contribution in [2.24, 2.45) is 0 Å². The second kappa shape index (κ2) is 3.87. The summed E-state index contributed by atoms with van der Waals surface area (Å²) >= 11 is 3.25. The van der Waals surface area contributed by atoms with Crippen LogP contribution in [0.5, 0.6) is 0 Å². The molecular formula is C12H15BrFN. The SMILES string of the molecule is Cc1cc(F)c(Br)cc1C1(C)CCCN1. The van der Waals surface area contributed by atoms with Gasteiger partial charge in [0.1, 0.15) is 5.82 Å². The average Bonchev–Trinajstić information content (AvgIpc) is 2.60. The summed E-state index contributed by atoms with van der Waals surface area (Å²) in [6.07, 6.45) is 2.30. The Bertz CT molecular complexity index is 383. The van der Waals surface area contributed by atoms with Gasteiger partial charge in [0.2, 0.25) is 0 Å². The third-order valence-electron chi connectivity index (χ3n) is 3.23. The van der Waals surface area contributed by atoms with Crippen LogP contribution in [0.2, 0.25) is 0 Å². The molecule has 1 nitrogen and oxygen atoms in total. The molecule has 0 bridgehead atoms. The van der Waals surface area contributed by atoms with E-state index in [0.717, 1.165) is 18.5 Å². The highest BCUT2D eigenvalue weighted by atomic mass is 79.9. The molecule has 0 aromatic heterocycles. The number of hydrogen-bond donors (Lipinski definition) is 1. The molecule has 1 aliphatic rings. The van der Waals surface area contributed by atoms with Crippen molar-refractivity contribution in [3.63, 3.8) is 0 Å². The zero-order valence-corrected chi connectivity index (χ0v) is 10.6. The normalized spacial score (nSPS) is 25.9. The van der Waals surface area contributed by atoms with E-state index in [2.05, 4.69) is 28.2 Å². The van der Waals surface area contributed by atoms with Gasteiger partial charge in [-0.2, -0.15) is 0 Å². The minimum absolute atomic E-state index is 0.0142. The van der Waals surface area contributed by atoms with E-state index in [9.17, 15) is 4.39 Å². The maximum Gasteiger partial charge on any atom is 0.137 e. The second-order valence-electron chi connectivity index (χ2n) is 4.44. The molecule has 0 spiro atoms. The lowest BCUT2D eigenvalue weighted by Crippen LogP contribution is -2.34. The van der Waals surface area contributed by atoms with Crippen LogP contribution in [0.25, 0.3) is 0 Å². The van der Waals surface area contributed by atoms with Crippen molar-refractivity contribution in [2.75, 3.05) is 6.54 Å². The number of hydrogen-bond acceptors (Lipinski definition) is 1. The Morgan fingerprint density at radius 3 is 2.80 bits per heavy atom. The van der Waals surface area contributed by atoms with Gasteiger partial charge in [-0.1, -0.05) is 0 Å². The van der Waals surface area contributed by atoms with Crippen molar-refractivity contribution < 1.29 is 4.39 Å². The van der Waals surface area contributed by atoms with E-state index in [-0.39, 0.29) is 11.4 Å². The molecule has 1 atom stereocenters. The van der Waals surface area contributed by atoms with Crippen LogP contribution in [0.4, 0.5) is 4.39 Å². The van der Waals surface area contributed by atoms with E-state index in [1.165, 1.54) is 12.0 Å². The summed E-state index contributed by atoms with van der Waals surface area (Å²) in [5.74, 6) is -0.183. The number of benzene rings is 1. The van der Waals surface area contributed by atoms with Gasteiger partial charge in [0.25, 0.3) is 0 Å². The van der Waals surface area contributed by atoms with Gasteiger partial charge < -0.3 is 5.32 Å². The summed E-state index contributed by atoms with van der Waals surface area (Å²) in [6.45, 7) is 5.20. The lowest BCUT2D eigenvalue weighted by Gasteiger charge is -2.27. The van der Waals surface area contributed by atoms with Crippen molar-refractivity contribution in [1.29, 1.82) is 0 Å². The molecule has 1 N–H and O–H groups in total. The van der Waals surface area contributed by atoms with Crippen LogP contribution < -0.4 is 5.32 Å². The number of halogens is 2. The standard InChI is InChI=1S/C12H15BrFN/c1-8-6-11(14)10(13)7-9(8)12(2)4-3-5-15-12/h6-7,15H,3-5H2,1-2H3. The molecule has 1 unspecified atom stereocenters. The predicted octanol–water partition coefficient (Wildman–Crippen LogP) is 3.50. The fourth-order valence-corrected chi connectivity index (χ4v) is 2.71. The van der Waals surface area contributed by atoms with Gasteiger partial charge in [0.05, 0.1) is 4.47 Å². The zero-order chi connectivity index (χ0) is 11.1. The first-order valence-electron chi connectivity index (χ1n) is 5.24. The lowest BCUT2D eigenvalue weighted by atomic mass is 9.87. The molecule has 1 aliphatic heterocycles. The molecule has 0 amide bonds. The summed E-state index contributed by atoms with van der Waals surface area (Å²) in [4.78, 5) is 0. The largest absolute Gasteiger partial charge is 0.308 e. The van der Waals surface area contributed by atoms with Crippen molar-refractivity contribution in [3.05, 3.63) is 33.5 Å². The Hall–Kier alpha value is -0.410. The van der Waals surface area contributed by atoms with Crippen LogP contribution in [0.15, 0.2) is 16.6 Å². The molecule has 1 heterocycles. The van der Waals surface area contributed by atoms with Gasteiger partial charge in [-0.3, -0.25) is 0 Å². The number of nitrogens with one attached hydrogen (secondary N) is 1. The summed E-state index contributed by atoms with van der Waals surface area (Å²) < 4.78 is 13.9. The third-order valence-corrected chi connectivity index (χ3v) is 3.84. The zero-order valence-electron chi connectivity index (χ0n) is 9.03. The fourth-order valence-electron chi connectivity index (χ4n) is 2.37. The Morgan fingerprint density at radius 2 is 2.20 bits per heavy atom. The molecule has 0 saturated carbocycles. The molecule has 0 aliphatic carbocycles. The first-order valence-corrected chi connectivity index (χ1v) is 6.03. The summed E-state index contributed by atoms with van der Waals surface area (Å²) in [7, 11) is 0. The Labute approximate surface area is 98.2 Å². The number of rotatable bonds is 1. The van der Waals surface area contributed by atoms with Gasteiger partial charge in [-0.25, -0.2) is 4.39 Å². The van der Waals surface area contributed by atoms with Crippen LogP contribution in [-0.4, -0.2) is 6.54 Å². The highest BCUT2D eigenvalue weighted by molar-refractivity contribution is 9.10. The van der Waals surface area contributed by atoms with Crippen molar-refractivity contribution in [1.82, 2.24) is 5.32 Å². The quantitative estimate of drug-likeness (QED) is 0.825. The van der Waals surface area contributed by atoms with Gasteiger partial charge in [0.15, 0.2) is 0 Å². The molecule has 3 heteroatoms. The first kappa shape index (κ1) is 11.1. The summed E-state index contributed by atoms with van der Waals surface area (Å²) in [5.41, 5.74) is 2.24. The Balaban J connectivity index is 2.48. The van der Waals surface area contributed by atoms with E-state index in [1.54, 1.807) is 6.07 Å². The minimum atomic E-state index is -0.183. The molecule has 1 fully saturated rings. The maximum atomic E-state index is 13.3. The highest BCUT2D eigenvalue weighted by Gasteiger charge is 2.31. The second-order valence-corrected chi connectivity index (χ2v) is 5.30. The molecule has 82 valence electrons. The van der Waals surface area contributed by atoms with Crippen LogP contribution in [0.3, 0.4) is 0 Å². The first-order chi connectivity index (χ1) is 7.03. The number of aryl methyl sites for hydroxylation is 1. The fraction of sp³-hybridized carbons (Fsp3) is 0.500. The smallest absolute Gasteiger partial charge is 0.137 e. The Kier molecular flexibility index (Phi) is 2.86. The van der Waals surface area contributed by atoms with Gasteiger partial charge in [0, 0.05) is 5.54 Å². The highest BCUT2D eigenvalue weighted by Crippen LogP contribution is 2.34. The van der Waals surface area contributed by atoms with E-state index in [4.69, 9.17) is 0 Å². The molecule has 0 radical (unpaired) electrons. The van der Waals surface area contributed by atoms with Gasteiger partial charge in [-0.05, 0) is 72.4 Å². The summed E-state index contributed by atoms with van der Waals surface area (Å²) in [5, 5.41) is 3.49. The third kappa shape index (κ3) is 1.95. The van der Waals surface area contributed by atoms with Crippen LogP contribution in [0.1, 0.15) is 30.9 Å². The predicted molar refractivity (Wildman–Crippen MR) is 63.4 cm³/mol. The molecule has 1 aromatic carbocycles. The van der Waals surface area contributed by atoms with Gasteiger partial charge >= 0.3 is 0 Å². The van der Waals surface area contributed by atoms with E-state index in [1.807, 2.05) is 13.0 Å². The maximum absolute atomic E-state index is 13.3. The van der Waals surface area contributed by atoms with E-state index in [0.29, 0.717) is 4.47 Å². The molecule has 1 aromatic rings. The molecule has 1 saturated heterocycles. The lowest BCUT2D eigenvalue weighted by molar-refractivity contribution is 0.431. The van der Waals surface area contributed by atoms with Crippen molar-refractivity contribution in [2.45, 2.75) is 32.2 Å². The monoisotopic (exact) mass is 271 g/mol. The van der Waals surface area contributed by atoms with E-state index >= 15 is 0 Å². The van der Waals surface area contributed by atoms with E-state index < -0.39 is 0 Å². The van der Waals surface area contributed by atoms with Crippen LogP contribution >= 0.6 is 15.9 Å².